The number of anilines is 1. The van der Waals surface area contributed by atoms with Crippen LogP contribution in [-0.4, -0.2) is 24.5 Å². The average Bonchev–Trinajstić information content (AvgIpc) is 2.32. The Hall–Kier alpha value is -1.46. The molecule has 0 saturated carbocycles. The highest BCUT2D eigenvalue weighted by Gasteiger charge is 2.01. The van der Waals surface area contributed by atoms with Gasteiger partial charge in [0.1, 0.15) is 0 Å². The molecule has 0 fully saturated rings. The normalized spacial score (nSPS) is 10.4. The molecule has 2 N–H and O–H groups in total. The maximum atomic E-state index is 5.65. The number of terminal acetylenes is 1. The van der Waals surface area contributed by atoms with E-state index >= 15 is 0 Å². The molecule has 0 heterocycles. The van der Waals surface area contributed by atoms with E-state index in [0.29, 0.717) is 0 Å². The number of nitrogen functional groups attached to an aromatic ring is 1. The molecule has 92 valence electrons. The lowest BCUT2D eigenvalue weighted by molar-refractivity contribution is 0.303. The second-order valence-corrected chi connectivity index (χ2v) is 4.33. The third-order valence-corrected chi connectivity index (χ3v) is 2.77. The molecule has 2 heteroatoms. The summed E-state index contributed by atoms with van der Waals surface area (Å²) >= 11 is 0. The van der Waals surface area contributed by atoms with Gasteiger partial charge in [-0.25, -0.2) is 0 Å². The van der Waals surface area contributed by atoms with Gasteiger partial charge in [0.05, 0.1) is 6.54 Å². The fourth-order valence-corrected chi connectivity index (χ4v) is 1.91. The van der Waals surface area contributed by atoms with Crippen LogP contribution in [-0.2, 0) is 6.42 Å². The molecule has 0 unspecified atom stereocenters. The van der Waals surface area contributed by atoms with E-state index < -0.39 is 0 Å². The van der Waals surface area contributed by atoms with E-state index in [9.17, 15) is 0 Å². The van der Waals surface area contributed by atoms with Crippen molar-refractivity contribution in [2.24, 2.45) is 0 Å². The molecule has 2 nitrogen and oxygen atoms in total. The van der Waals surface area contributed by atoms with Gasteiger partial charge in [0, 0.05) is 5.69 Å². The van der Waals surface area contributed by atoms with Gasteiger partial charge in [0.15, 0.2) is 0 Å². The van der Waals surface area contributed by atoms with Crippen LogP contribution < -0.4 is 5.73 Å². The van der Waals surface area contributed by atoms with Crippen molar-refractivity contribution < 1.29 is 0 Å². The fourth-order valence-electron chi connectivity index (χ4n) is 1.91. The second kappa shape index (κ2) is 7.76. The average molecular weight is 230 g/mol. The Morgan fingerprint density at radius 3 is 2.53 bits per heavy atom. The molecule has 0 radical (unpaired) electrons. The standard InChI is InChI=1S/C15H22N2/c1-3-11-17(12-4-2)13-5-6-14-7-9-15(16)10-8-14/h1,7-10H,4-6,11-13,16H2,2H3. The largest absolute Gasteiger partial charge is 0.399 e. The van der Waals surface area contributed by atoms with Gasteiger partial charge in [-0.1, -0.05) is 25.0 Å². The smallest absolute Gasteiger partial charge is 0.0598 e. The maximum absolute atomic E-state index is 5.65. The highest BCUT2D eigenvalue weighted by atomic mass is 15.1. The van der Waals surface area contributed by atoms with Crippen LogP contribution in [0.2, 0.25) is 0 Å². The SMILES string of the molecule is C#CCN(CCC)CCCc1ccc(N)cc1. The van der Waals surface area contributed by atoms with Crippen LogP contribution in [0.5, 0.6) is 0 Å². The molecule has 0 aromatic heterocycles. The molecule has 1 rings (SSSR count). The molecule has 0 bridgehead atoms. The molecule has 1 aromatic carbocycles. The minimum atomic E-state index is 0.760. The Bertz CT molecular complexity index is 348. The zero-order valence-corrected chi connectivity index (χ0v) is 10.7. The monoisotopic (exact) mass is 230 g/mol. The third-order valence-electron chi connectivity index (χ3n) is 2.77. The lowest BCUT2D eigenvalue weighted by Gasteiger charge is -2.18. The summed E-state index contributed by atoms with van der Waals surface area (Å²) < 4.78 is 0. The van der Waals surface area contributed by atoms with Crippen LogP contribution >= 0.6 is 0 Å². The molecule has 0 aliphatic carbocycles. The van der Waals surface area contributed by atoms with E-state index in [1.54, 1.807) is 0 Å². The molecule has 17 heavy (non-hydrogen) atoms. The molecular formula is C15H22N2. The molecular weight excluding hydrogens is 208 g/mol. The highest BCUT2D eigenvalue weighted by molar-refractivity contribution is 5.39. The van der Waals surface area contributed by atoms with Gasteiger partial charge >= 0.3 is 0 Å². The number of aryl methyl sites for hydroxylation is 1. The lowest BCUT2D eigenvalue weighted by Crippen LogP contribution is -2.26. The van der Waals surface area contributed by atoms with Gasteiger partial charge in [0.2, 0.25) is 0 Å². The summed E-state index contributed by atoms with van der Waals surface area (Å²) in [6.45, 7) is 5.10. The minimum absolute atomic E-state index is 0.760. The van der Waals surface area contributed by atoms with E-state index in [2.05, 4.69) is 29.9 Å². The summed E-state index contributed by atoms with van der Waals surface area (Å²) in [6, 6.07) is 8.11. The van der Waals surface area contributed by atoms with Crippen molar-refractivity contribution in [1.82, 2.24) is 4.90 Å². The van der Waals surface area contributed by atoms with Crippen molar-refractivity contribution in [1.29, 1.82) is 0 Å². The molecule has 0 amide bonds. The van der Waals surface area contributed by atoms with E-state index in [0.717, 1.165) is 44.6 Å². The molecule has 0 atom stereocenters. The van der Waals surface area contributed by atoms with Crippen molar-refractivity contribution >= 4 is 5.69 Å². The summed E-state index contributed by atoms with van der Waals surface area (Å²) in [5.74, 6) is 2.72. The van der Waals surface area contributed by atoms with Crippen molar-refractivity contribution in [3.8, 4) is 12.3 Å². The Morgan fingerprint density at radius 2 is 1.94 bits per heavy atom. The minimum Gasteiger partial charge on any atom is -0.399 e. The van der Waals surface area contributed by atoms with Gasteiger partial charge in [-0.3, -0.25) is 4.90 Å². The molecule has 0 aliphatic heterocycles. The first-order chi connectivity index (χ1) is 8.26. The Morgan fingerprint density at radius 1 is 1.24 bits per heavy atom. The van der Waals surface area contributed by atoms with Gasteiger partial charge in [-0.05, 0) is 50.0 Å². The number of nitrogens with zero attached hydrogens (tertiary/aromatic N) is 1. The first-order valence-corrected chi connectivity index (χ1v) is 6.26. The predicted molar refractivity (Wildman–Crippen MR) is 74.7 cm³/mol. The van der Waals surface area contributed by atoms with Crippen LogP contribution in [0.25, 0.3) is 0 Å². The van der Waals surface area contributed by atoms with E-state index in [1.807, 2.05) is 12.1 Å². The number of hydrogen-bond acceptors (Lipinski definition) is 2. The molecule has 1 aromatic rings. The zero-order chi connectivity index (χ0) is 12.5. The van der Waals surface area contributed by atoms with Crippen molar-refractivity contribution in [3.05, 3.63) is 29.8 Å². The zero-order valence-electron chi connectivity index (χ0n) is 10.7. The lowest BCUT2D eigenvalue weighted by atomic mass is 10.1. The van der Waals surface area contributed by atoms with Crippen molar-refractivity contribution in [3.63, 3.8) is 0 Å². The number of hydrogen-bond donors (Lipinski definition) is 1. The van der Waals surface area contributed by atoms with Gasteiger partial charge in [-0.2, -0.15) is 0 Å². The van der Waals surface area contributed by atoms with Crippen molar-refractivity contribution in [2.45, 2.75) is 26.2 Å². The molecule has 0 spiro atoms. The number of rotatable bonds is 7. The highest BCUT2D eigenvalue weighted by Crippen LogP contribution is 2.08. The second-order valence-electron chi connectivity index (χ2n) is 4.33. The van der Waals surface area contributed by atoms with Crippen LogP contribution in [0.15, 0.2) is 24.3 Å². The first-order valence-electron chi connectivity index (χ1n) is 6.26. The van der Waals surface area contributed by atoms with Crippen LogP contribution in [0.1, 0.15) is 25.3 Å². The fraction of sp³-hybridized carbons (Fsp3) is 0.467. The summed E-state index contributed by atoms with van der Waals surface area (Å²) in [4.78, 5) is 2.33. The first kappa shape index (κ1) is 13.6. The van der Waals surface area contributed by atoms with E-state index in [4.69, 9.17) is 12.2 Å². The van der Waals surface area contributed by atoms with Crippen molar-refractivity contribution in [2.75, 3.05) is 25.4 Å². The van der Waals surface area contributed by atoms with Gasteiger partial charge < -0.3 is 5.73 Å². The van der Waals surface area contributed by atoms with Gasteiger partial charge in [-0.15, -0.1) is 6.42 Å². The molecule has 0 aliphatic rings. The Labute approximate surface area is 105 Å². The van der Waals surface area contributed by atoms with Crippen LogP contribution in [0, 0.1) is 12.3 Å². The predicted octanol–water partition coefficient (Wildman–Crippen LogP) is 2.55. The summed E-state index contributed by atoms with van der Waals surface area (Å²) in [7, 11) is 0. The Balaban J connectivity index is 2.30. The van der Waals surface area contributed by atoms with E-state index in [-0.39, 0.29) is 0 Å². The summed E-state index contributed by atoms with van der Waals surface area (Å²) in [6.07, 6.45) is 8.74. The van der Waals surface area contributed by atoms with E-state index in [1.165, 1.54) is 5.56 Å². The maximum Gasteiger partial charge on any atom is 0.0598 e. The topological polar surface area (TPSA) is 29.3 Å². The van der Waals surface area contributed by atoms with Crippen LogP contribution in [0.4, 0.5) is 5.69 Å². The molecule has 0 saturated heterocycles. The number of nitrogens with two attached hydrogens (primary N) is 1. The Kier molecular flexibility index (Phi) is 6.21. The summed E-state index contributed by atoms with van der Waals surface area (Å²) in [5, 5.41) is 0. The quantitative estimate of drug-likeness (QED) is 0.576. The van der Waals surface area contributed by atoms with Gasteiger partial charge in [0.25, 0.3) is 0 Å². The number of benzene rings is 1. The summed E-state index contributed by atoms with van der Waals surface area (Å²) in [5.41, 5.74) is 7.82. The third kappa shape index (κ3) is 5.42. The van der Waals surface area contributed by atoms with Crippen LogP contribution in [0.3, 0.4) is 0 Å².